The van der Waals surface area contributed by atoms with Crippen molar-refractivity contribution in [3.05, 3.63) is 60.3 Å². The van der Waals surface area contributed by atoms with Crippen molar-refractivity contribution in [1.82, 2.24) is 25.1 Å². The molecule has 156 valence electrons. The van der Waals surface area contributed by atoms with Crippen molar-refractivity contribution in [2.75, 3.05) is 17.7 Å². The predicted molar refractivity (Wildman–Crippen MR) is 118 cm³/mol. The van der Waals surface area contributed by atoms with Crippen LogP contribution in [0.2, 0.25) is 0 Å². The highest BCUT2D eigenvalue weighted by atomic mass is 16.2. The second-order valence-electron chi connectivity index (χ2n) is 6.75. The van der Waals surface area contributed by atoms with Gasteiger partial charge in [-0.3, -0.25) is 9.48 Å². The number of nitrogens with one attached hydrogen (secondary N) is 3. The van der Waals surface area contributed by atoms with E-state index in [0.29, 0.717) is 28.5 Å². The largest absolute Gasteiger partial charge is 0.366 e. The number of carbonyl (C=O) groups is 2. The third-order valence-electron chi connectivity index (χ3n) is 4.65. The number of anilines is 3. The van der Waals surface area contributed by atoms with Gasteiger partial charge in [0.15, 0.2) is 11.5 Å². The molecule has 0 aliphatic rings. The van der Waals surface area contributed by atoms with Crippen molar-refractivity contribution in [3.63, 3.8) is 0 Å². The van der Waals surface area contributed by atoms with E-state index < -0.39 is 5.91 Å². The number of amides is 3. The molecular formula is C21H20N8O2. The predicted octanol–water partition coefficient (Wildman–Crippen LogP) is 2.62. The molecule has 0 bridgehead atoms. The molecule has 0 saturated carbocycles. The van der Waals surface area contributed by atoms with Crippen LogP contribution >= 0.6 is 0 Å². The number of nitrogens with zero attached hydrogens (tertiary/aromatic N) is 4. The van der Waals surface area contributed by atoms with Crippen molar-refractivity contribution in [2.24, 2.45) is 12.8 Å². The van der Waals surface area contributed by atoms with Gasteiger partial charge in [-0.25, -0.2) is 14.8 Å². The molecule has 0 fully saturated rings. The SMILES string of the molecule is CNC(=O)Nc1ccc(-c2nc(Nc3ccc(C(N)=O)cc3)c3cnn(C)c3n2)cc1. The number of aromatic nitrogens is 4. The van der Waals surface area contributed by atoms with E-state index >= 15 is 0 Å². The first-order valence-corrected chi connectivity index (χ1v) is 9.40. The zero-order chi connectivity index (χ0) is 22.0. The van der Waals surface area contributed by atoms with E-state index in [-0.39, 0.29) is 6.03 Å². The summed E-state index contributed by atoms with van der Waals surface area (Å²) in [5, 5.41) is 13.5. The molecule has 31 heavy (non-hydrogen) atoms. The summed E-state index contributed by atoms with van der Waals surface area (Å²) in [5.41, 5.74) is 8.56. The highest BCUT2D eigenvalue weighted by molar-refractivity contribution is 5.94. The highest BCUT2D eigenvalue weighted by Gasteiger charge is 2.14. The quantitative estimate of drug-likeness (QED) is 0.394. The minimum absolute atomic E-state index is 0.297. The molecule has 0 atom stereocenters. The van der Waals surface area contributed by atoms with Crippen LogP contribution in [0.5, 0.6) is 0 Å². The van der Waals surface area contributed by atoms with E-state index in [1.807, 2.05) is 12.1 Å². The number of primary amides is 1. The van der Waals surface area contributed by atoms with Crippen LogP contribution in [0.4, 0.5) is 22.0 Å². The van der Waals surface area contributed by atoms with Gasteiger partial charge in [-0.2, -0.15) is 5.10 Å². The van der Waals surface area contributed by atoms with Gasteiger partial charge in [0.1, 0.15) is 5.82 Å². The highest BCUT2D eigenvalue weighted by Crippen LogP contribution is 2.27. The normalized spacial score (nSPS) is 10.6. The van der Waals surface area contributed by atoms with Crippen LogP contribution in [-0.2, 0) is 7.05 Å². The number of hydrogen-bond acceptors (Lipinski definition) is 6. The van der Waals surface area contributed by atoms with E-state index in [9.17, 15) is 9.59 Å². The van der Waals surface area contributed by atoms with Gasteiger partial charge in [-0.05, 0) is 48.5 Å². The minimum atomic E-state index is -0.486. The average Bonchev–Trinajstić information content (AvgIpc) is 3.15. The molecule has 4 rings (SSSR count). The number of fused-ring (bicyclic) bond motifs is 1. The van der Waals surface area contributed by atoms with Gasteiger partial charge < -0.3 is 21.7 Å². The summed E-state index contributed by atoms with van der Waals surface area (Å²) < 4.78 is 1.67. The Bertz CT molecular complexity index is 1260. The molecule has 0 unspecified atom stereocenters. The topological polar surface area (TPSA) is 140 Å². The molecule has 3 amide bonds. The minimum Gasteiger partial charge on any atom is -0.366 e. The molecule has 10 nitrogen and oxygen atoms in total. The van der Waals surface area contributed by atoms with Crippen LogP contribution in [0.3, 0.4) is 0 Å². The standard InChI is InChI=1S/C21H20N8O2/c1-23-21(31)26-15-9-5-13(6-10-15)18-27-19(16-11-24-29(2)20(16)28-18)25-14-7-3-12(4-8-14)17(22)30/h3-11H,1-2H3,(H2,22,30)(H2,23,26,31)(H,25,27,28). The Morgan fingerprint density at radius 3 is 2.29 bits per heavy atom. The van der Waals surface area contributed by atoms with Crippen LogP contribution in [0.25, 0.3) is 22.4 Å². The molecule has 2 heterocycles. The Morgan fingerprint density at radius 1 is 0.968 bits per heavy atom. The lowest BCUT2D eigenvalue weighted by Crippen LogP contribution is -2.24. The Kier molecular flexibility index (Phi) is 5.19. The molecule has 0 saturated heterocycles. The Morgan fingerprint density at radius 2 is 1.65 bits per heavy atom. The number of urea groups is 1. The fraction of sp³-hybridized carbons (Fsp3) is 0.0952. The Balaban J connectivity index is 1.70. The third kappa shape index (κ3) is 4.13. The lowest BCUT2D eigenvalue weighted by Gasteiger charge is -2.10. The van der Waals surface area contributed by atoms with Crippen LogP contribution < -0.4 is 21.7 Å². The van der Waals surface area contributed by atoms with Crippen molar-refractivity contribution >= 4 is 40.2 Å². The smallest absolute Gasteiger partial charge is 0.318 e. The van der Waals surface area contributed by atoms with Gasteiger partial charge >= 0.3 is 6.03 Å². The van der Waals surface area contributed by atoms with Crippen molar-refractivity contribution in [2.45, 2.75) is 0 Å². The third-order valence-corrected chi connectivity index (χ3v) is 4.65. The summed E-state index contributed by atoms with van der Waals surface area (Å²) in [4.78, 5) is 32.1. The number of hydrogen-bond donors (Lipinski definition) is 4. The molecular weight excluding hydrogens is 396 g/mol. The van der Waals surface area contributed by atoms with Crippen molar-refractivity contribution in [1.29, 1.82) is 0 Å². The molecule has 0 aliphatic heterocycles. The average molecular weight is 416 g/mol. The van der Waals surface area contributed by atoms with Crippen molar-refractivity contribution < 1.29 is 9.59 Å². The van der Waals surface area contributed by atoms with Gasteiger partial charge in [-0.1, -0.05) is 0 Å². The zero-order valence-electron chi connectivity index (χ0n) is 16.9. The molecule has 2 aromatic heterocycles. The summed E-state index contributed by atoms with van der Waals surface area (Å²) in [6.07, 6.45) is 1.69. The molecule has 10 heteroatoms. The first-order valence-electron chi connectivity index (χ1n) is 9.40. The number of rotatable bonds is 5. The zero-order valence-corrected chi connectivity index (χ0v) is 16.9. The van der Waals surface area contributed by atoms with Gasteiger partial charge in [0.2, 0.25) is 5.91 Å². The van der Waals surface area contributed by atoms with Gasteiger partial charge in [0, 0.05) is 36.6 Å². The lowest BCUT2D eigenvalue weighted by molar-refractivity contribution is 0.100. The summed E-state index contributed by atoms with van der Waals surface area (Å²) in [6, 6.07) is 13.7. The van der Waals surface area contributed by atoms with Gasteiger partial charge in [0.25, 0.3) is 0 Å². The molecule has 5 N–H and O–H groups in total. The van der Waals surface area contributed by atoms with E-state index in [0.717, 1.165) is 16.6 Å². The number of aryl methyl sites for hydroxylation is 1. The van der Waals surface area contributed by atoms with E-state index in [1.165, 1.54) is 0 Å². The van der Waals surface area contributed by atoms with E-state index in [1.54, 1.807) is 61.4 Å². The van der Waals surface area contributed by atoms with E-state index in [4.69, 9.17) is 5.73 Å². The number of benzene rings is 2. The second-order valence-corrected chi connectivity index (χ2v) is 6.75. The van der Waals surface area contributed by atoms with Crippen LogP contribution in [-0.4, -0.2) is 38.7 Å². The molecule has 0 radical (unpaired) electrons. The van der Waals surface area contributed by atoms with E-state index in [2.05, 4.69) is 31.0 Å². The lowest BCUT2D eigenvalue weighted by atomic mass is 10.2. The first kappa shape index (κ1) is 19.8. The number of carbonyl (C=O) groups excluding carboxylic acids is 2. The molecule has 0 aliphatic carbocycles. The molecule has 4 aromatic rings. The molecule has 0 spiro atoms. The monoisotopic (exact) mass is 416 g/mol. The fourth-order valence-electron chi connectivity index (χ4n) is 3.00. The maximum absolute atomic E-state index is 11.5. The summed E-state index contributed by atoms with van der Waals surface area (Å²) in [7, 11) is 3.36. The van der Waals surface area contributed by atoms with Crippen LogP contribution in [0.15, 0.2) is 54.7 Å². The van der Waals surface area contributed by atoms with Crippen molar-refractivity contribution in [3.8, 4) is 11.4 Å². The second kappa shape index (κ2) is 8.11. The first-order chi connectivity index (χ1) is 14.9. The summed E-state index contributed by atoms with van der Waals surface area (Å²) >= 11 is 0. The van der Waals surface area contributed by atoms with Gasteiger partial charge in [-0.15, -0.1) is 0 Å². The maximum atomic E-state index is 11.5. The Labute approximate surface area is 177 Å². The Hall–Kier alpha value is -4.47. The maximum Gasteiger partial charge on any atom is 0.318 e. The summed E-state index contributed by atoms with van der Waals surface area (Å²) in [5.74, 6) is 0.589. The van der Waals surface area contributed by atoms with Crippen LogP contribution in [0.1, 0.15) is 10.4 Å². The fourth-order valence-corrected chi connectivity index (χ4v) is 3.00. The summed E-state index contributed by atoms with van der Waals surface area (Å²) in [6.45, 7) is 0. The van der Waals surface area contributed by atoms with Gasteiger partial charge in [0.05, 0.1) is 11.6 Å². The molecule has 2 aromatic carbocycles. The number of nitrogens with two attached hydrogens (primary N) is 1. The van der Waals surface area contributed by atoms with Crippen LogP contribution in [0, 0.1) is 0 Å².